The Kier molecular flexibility index (Phi) is 3.22. The summed E-state index contributed by atoms with van der Waals surface area (Å²) in [5.74, 6) is 1.57. The predicted molar refractivity (Wildman–Crippen MR) is 64.2 cm³/mol. The summed E-state index contributed by atoms with van der Waals surface area (Å²) in [4.78, 5) is 4.42. The molecule has 0 fully saturated rings. The predicted octanol–water partition coefficient (Wildman–Crippen LogP) is 1.64. The SMILES string of the molecule is Cn1nc(-c2cccc(Cl)c2)nc1CCN. The highest BCUT2D eigenvalue weighted by Gasteiger charge is 2.08. The van der Waals surface area contributed by atoms with Crippen LogP contribution in [-0.4, -0.2) is 21.3 Å². The van der Waals surface area contributed by atoms with Crippen molar-refractivity contribution < 1.29 is 0 Å². The molecular formula is C11H13ClN4. The number of aryl methyl sites for hydroxylation is 1. The van der Waals surface area contributed by atoms with E-state index in [0.29, 0.717) is 17.4 Å². The van der Waals surface area contributed by atoms with Gasteiger partial charge in [-0.3, -0.25) is 4.68 Å². The van der Waals surface area contributed by atoms with E-state index >= 15 is 0 Å². The Morgan fingerprint density at radius 1 is 1.44 bits per heavy atom. The van der Waals surface area contributed by atoms with Crippen molar-refractivity contribution in [1.82, 2.24) is 14.8 Å². The molecule has 1 heterocycles. The molecule has 5 heteroatoms. The maximum absolute atomic E-state index is 5.92. The molecule has 0 saturated carbocycles. The fourth-order valence-corrected chi connectivity index (χ4v) is 1.70. The van der Waals surface area contributed by atoms with Crippen molar-refractivity contribution in [2.24, 2.45) is 12.8 Å². The van der Waals surface area contributed by atoms with Crippen molar-refractivity contribution >= 4 is 11.6 Å². The van der Waals surface area contributed by atoms with E-state index < -0.39 is 0 Å². The van der Waals surface area contributed by atoms with Gasteiger partial charge in [-0.05, 0) is 18.7 Å². The number of nitrogens with zero attached hydrogens (tertiary/aromatic N) is 3. The van der Waals surface area contributed by atoms with Crippen LogP contribution in [0.4, 0.5) is 0 Å². The van der Waals surface area contributed by atoms with Gasteiger partial charge in [0.05, 0.1) is 0 Å². The first-order valence-corrected chi connectivity index (χ1v) is 5.44. The van der Waals surface area contributed by atoms with Gasteiger partial charge in [-0.2, -0.15) is 5.10 Å². The molecular weight excluding hydrogens is 224 g/mol. The Bertz CT molecular complexity index is 492. The average Bonchev–Trinajstić information content (AvgIpc) is 2.61. The van der Waals surface area contributed by atoms with Crippen LogP contribution in [0.3, 0.4) is 0 Å². The fraction of sp³-hybridized carbons (Fsp3) is 0.273. The maximum atomic E-state index is 5.92. The highest BCUT2D eigenvalue weighted by molar-refractivity contribution is 6.30. The van der Waals surface area contributed by atoms with Crippen LogP contribution in [0, 0.1) is 0 Å². The van der Waals surface area contributed by atoms with E-state index in [1.165, 1.54) is 0 Å². The summed E-state index contributed by atoms with van der Waals surface area (Å²) >= 11 is 5.92. The topological polar surface area (TPSA) is 56.7 Å². The summed E-state index contributed by atoms with van der Waals surface area (Å²) in [6.45, 7) is 0.571. The largest absolute Gasteiger partial charge is 0.330 e. The standard InChI is InChI=1S/C11H13ClN4/c1-16-10(5-6-13)14-11(15-16)8-3-2-4-9(12)7-8/h2-4,7H,5-6,13H2,1H3. The molecule has 16 heavy (non-hydrogen) atoms. The molecule has 2 rings (SSSR count). The third kappa shape index (κ3) is 2.23. The molecule has 0 unspecified atom stereocenters. The summed E-state index contributed by atoms with van der Waals surface area (Å²) in [5, 5.41) is 5.02. The van der Waals surface area contributed by atoms with Gasteiger partial charge in [0.25, 0.3) is 0 Å². The van der Waals surface area contributed by atoms with Crippen LogP contribution in [-0.2, 0) is 13.5 Å². The van der Waals surface area contributed by atoms with E-state index in [1.54, 1.807) is 4.68 Å². The highest BCUT2D eigenvalue weighted by atomic mass is 35.5. The van der Waals surface area contributed by atoms with Crippen LogP contribution in [0.25, 0.3) is 11.4 Å². The van der Waals surface area contributed by atoms with Gasteiger partial charge in [0.15, 0.2) is 5.82 Å². The third-order valence-electron chi connectivity index (χ3n) is 2.30. The Labute approximate surface area is 99.1 Å². The quantitative estimate of drug-likeness (QED) is 0.882. The lowest BCUT2D eigenvalue weighted by Crippen LogP contribution is -2.08. The number of halogens is 1. The Balaban J connectivity index is 2.37. The first-order valence-electron chi connectivity index (χ1n) is 5.06. The van der Waals surface area contributed by atoms with Gasteiger partial charge >= 0.3 is 0 Å². The van der Waals surface area contributed by atoms with Crippen molar-refractivity contribution in [3.63, 3.8) is 0 Å². The minimum atomic E-state index is 0.571. The molecule has 1 aromatic carbocycles. The molecule has 0 saturated heterocycles. The summed E-state index contributed by atoms with van der Waals surface area (Å²) in [5.41, 5.74) is 6.42. The van der Waals surface area contributed by atoms with Gasteiger partial charge in [0.2, 0.25) is 0 Å². The zero-order chi connectivity index (χ0) is 11.5. The van der Waals surface area contributed by atoms with Gasteiger partial charge in [0, 0.05) is 24.1 Å². The van der Waals surface area contributed by atoms with Crippen LogP contribution in [0.5, 0.6) is 0 Å². The van der Waals surface area contributed by atoms with Gasteiger partial charge in [0.1, 0.15) is 5.82 Å². The lowest BCUT2D eigenvalue weighted by Gasteiger charge is -1.94. The smallest absolute Gasteiger partial charge is 0.181 e. The molecule has 0 bridgehead atoms. The van der Waals surface area contributed by atoms with Gasteiger partial charge in [-0.15, -0.1) is 0 Å². The van der Waals surface area contributed by atoms with E-state index in [0.717, 1.165) is 17.8 Å². The van der Waals surface area contributed by atoms with Crippen molar-refractivity contribution in [3.05, 3.63) is 35.1 Å². The molecule has 0 aliphatic carbocycles. The first-order chi connectivity index (χ1) is 7.70. The van der Waals surface area contributed by atoms with Crippen LogP contribution in [0.15, 0.2) is 24.3 Å². The number of rotatable bonds is 3. The summed E-state index contributed by atoms with van der Waals surface area (Å²) in [6, 6.07) is 7.50. The monoisotopic (exact) mass is 236 g/mol. The Morgan fingerprint density at radius 2 is 2.25 bits per heavy atom. The van der Waals surface area contributed by atoms with Crippen LogP contribution < -0.4 is 5.73 Å². The van der Waals surface area contributed by atoms with Crippen LogP contribution in [0.1, 0.15) is 5.82 Å². The minimum absolute atomic E-state index is 0.571. The molecule has 0 amide bonds. The number of nitrogens with two attached hydrogens (primary N) is 1. The third-order valence-corrected chi connectivity index (χ3v) is 2.54. The molecule has 1 aromatic heterocycles. The van der Waals surface area contributed by atoms with Crippen molar-refractivity contribution in [1.29, 1.82) is 0 Å². The molecule has 2 N–H and O–H groups in total. The van der Waals surface area contributed by atoms with Crippen LogP contribution in [0.2, 0.25) is 5.02 Å². The van der Waals surface area contributed by atoms with Crippen molar-refractivity contribution in [2.45, 2.75) is 6.42 Å². The lowest BCUT2D eigenvalue weighted by atomic mass is 10.2. The van der Waals surface area contributed by atoms with Gasteiger partial charge in [-0.1, -0.05) is 23.7 Å². The second kappa shape index (κ2) is 4.63. The summed E-state index contributed by atoms with van der Waals surface area (Å²) < 4.78 is 1.75. The molecule has 2 aromatic rings. The maximum Gasteiger partial charge on any atom is 0.181 e. The molecule has 0 radical (unpaired) electrons. The minimum Gasteiger partial charge on any atom is -0.330 e. The van der Waals surface area contributed by atoms with E-state index in [4.69, 9.17) is 17.3 Å². The number of aromatic nitrogens is 3. The van der Waals surface area contributed by atoms with Crippen LogP contribution >= 0.6 is 11.6 Å². The van der Waals surface area contributed by atoms with E-state index in [1.807, 2.05) is 31.3 Å². The zero-order valence-corrected chi connectivity index (χ0v) is 9.78. The zero-order valence-electron chi connectivity index (χ0n) is 9.02. The number of hydrogen-bond acceptors (Lipinski definition) is 3. The van der Waals surface area contributed by atoms with Crippen molar-refractivity contribution in [3.8, 4) is 11.4 Å². The second-order valence-electron chi connectivity index (χ2n) is 3.52. The van der Waals surface area contributed by atoms with E-state index in [9.17, 15) is 0 Å². The number of hydrogen-bond donors (Lipinski definition) is 1. The second-order valence-corrected chi connectivity index (χ2v) is 3.96. The summed E-state index contributed by atoms with van der Waals surface area (Å²) in [7, 11) is 1.87. The van der Waals surface area contributed by atoms with Gasteiger partial charge < -0.3 is 5.73 Å². The normalized spacial score (nSPS) is 10.7. The molecule has 0 atom stereocenters. The fourth-order valence-electron chi connectivity index (χ4n) is 1.51. The molecule has 0 aliphatic heterocycles. The summed E-state index contributed by atoms with van der Waals surface area (Å²) in [6.07, 6.45) is 0.726. The highest BCUT2D eigenvalue weighted by Crippen LogP contribution is 2.19. The molecule has 84 valence electrons. The van der Waals surface area contributed by atoms with E-state index in [-0.39, 0.29) is 0 Å². The molecule has 0 aliphatic rings. The van der Waals surface area contributed by atoms with Gasteiger partial charge in [-0.25, -0.2) is 4.98 Å². The lowest BCUT2D eigenvalue weighted by molar-refractivity contribution is 0.697. The first kappa shape index (κ1) is 11.1. The molecule has 0 spiro atoms. The average molecular weight is 237 g/mol. The van der Waals surface area contributed by atoms with E-state index in [2.05, 4.69) is 10.1 Å². The Morgan fingerprint density at radius 3 is 2.94 bits per heavy atom. The number of benzene rings is 1. The Hall–Kier alpha value is -1.39. The molecule has 4 nitrogen and oxygen atoms in total. The van der Waals surface area contributed by atoms with Crippen molar-refractivity contribution in [2.75, 3.05) is 6.54 Å².